The van der Waals surface area contributed by atoms with Crippen LogP contribution in [-0.4, -0.2) is 30.1 Å². The number of nitrogens with zero attached hydrogens (tertiary/aromatic N) is 1. The Morgan fingerprint density at radius 2 is 2.08 bits per heavy atom. The molecule has 0 unspecified atom stereocenters. The van der Waals surface area contributed by atoms with Gasteiger partial charge < -0.3 is 14.1 Å². The number of alkyl halides is 3. The van der Waals surface area contributed by atoms with Crippen molar-refractivity contribution in [1.82, 2.24) is 4.90 Å². The lowest BCUT2D eigenvalue weighted by atomic mass is 10.3. The average Bonchev–Trinajstić information content (AvgIpc) is 2.99. The van der Waals surface area contributed by atoms with Crippen LogP contribution in [0.1, 0.15) is 16.3 Å². The smallest absolute Gasteiger partial charge is 0.406 e. The highest BCUT2D eigenvalue weighted by Crippen LogP contribution is 2.21. The molecule has 25 heavy (non-hydrogen) atoms. The Hall–Kier alpha value is -2.22. The molecule has 0 atom stereocenters. The van der Waals surface area contributed by atoms with E-state index in [1.165, 1.54) is 18.2 Å². The van der Waals surface area contributed by atoms with Crippen LogP contribution >= 0.6 is 15.9 Å². The van der Waals surface area contributed by atoms with Gasteiger partial charge in [0.25, 0.3) is 5.91 Å². The molecular weight excluding hydrogens is 403 g/mol. The van der Waals surface area contributed by atoms with E-state index in [1.807, 2.05) is 6.07 Å². The summed E-state index contributed by atoms with van der Waals surface area (Å²) in [6.07, 6.45) is -3.28. The van der Waals surface area contributed by atoms with Crippen molar-refractivity contribution in [3.8, 4) is 5.75 Å². The van der Waals surface area contributed by atoms with Crippen molar-refractivity contribution in [3.05, 3.63) is 65.0 Å². The highest BCUT2D eigenvalue weighted by atomic mass is 79.9. The van der Waals surface area contributed by atoms with Crippen molar-refractivity contribution >= 4 is 21.8 Å². The monoisotopic (exact) mass is 417 g/mol. The van der Waals surface area contributed by atoms with Crippen LogP contribution in [0, 0.1) is 0 Å². The first-order valence-corrected chi connectivity index (χ1v) is 8.02. The minimum atomic E-state index is -4.50. The third-order valence-electron chi connectivity index (χ3n) is 3.06. The maximum absolute atomic E-state index is 12.6. The van der Waals surface area contributed by atoms with Crippen molar-refractivity contribution in [3.63, 3.8) is 0 Å². The van der Waals surface area contributed by atoms with Gasteiger partial charge in [0.05, 0.1) is 0 Å². The Bertz CT molecular complexity index is 743. The summed E-state index contributed by atoms with van der Waals surface area (Å²) in [5, 5.41) is 0. The van der Waals surface area contributed by atoms with Gasteiger partial charge in [0.1, 0.15) is 24.7 Å². The van der Waals surface area contributed by atoms with E-state index >= 15 is 0 Å². The van der Waals surface area contributed by atoms with Crippen molar-refractivity contribution < 1.29 is 27.1 Å². The summed E-state index contributed by atoms with van der Waals surface area (Å²) in [4.78, 5) is 12.8. The number of hydrogen-bond acceptors (Lipinski definition) is 3. The van der Waals surface area contributed by atoms with Gasteiger partial charge in [-0.3, -0.25) is 4.79 Å². The minimum absolute atomic E-state index is 0.0461. The van der Waals surface area contributed by atoms with E-state index in [-0.39, 0.29) is 18.9 Å². The standard InChI is InChI=1S/C17H15BrF3NO3/c1-2-8-22(11-17(19,20)21)16(23)15-7-6-14(25-15)10-24-13-5-3-4-12(18)9-13/h2-7,9H,1,8,10-11H2. The first-order valence-electron chi connectivity index (χ1n) is 7.22. The molecule has 0 aliphatic carbocycles. The predicted octanol–water partition coefficient (Wildman–Crippen LogP) is 4.81. The van der Waals surface area contributed by atoms with E-state index in [9.17, 15) is 18.0 Å². The molecule has 134 valence electrons. The molecule has 0 aliphatic rings. The fourth-order valence-corrected chi connectivity index (χ4v) is 2.41. The van der Waals surface area contributed by atoms with Crippen LogP contribution in [0.15, 0.2) is 57.9 Å². The van der Waals surface area contributed by atoms with E-state index in [4.69, 9.17) is 9.15 Å². The van der Waals surface area contributed by atoms with E-state index < -0.39 is 18.6 Å². The molecule has 2 rings (SSSR count). The quantitative estimate of drug-likeness (QED) is 0.607. The fourth-order valence-electron chi connectivity index (χ4n) is 2.03. The van der Waals surface area contributed by atoms with Crippen LogP contribution < -0.4 is 4.74 Å². The van der Waals surface area contributed by atoms with Crippen molar-refractivity contribution in [2.45, 2.75) is 12.8 Å². The van der Waals surface area contributed by atoms with Gasteiger partial charge in [0, 0.05) is 11.0 Å². The molecule has 1 amide bonds. The second kappa shape index (κ2) is 8.24. The first-order chi connectivity index (χ1) is 11.8. The number of ether oxygens (including phenoxy) is 1. The number of rotatable bonds is 7. The molecule has 1 aromatic carbocycles. The number of carbonyl (C=O) groups excluding carboxylic acids is 1. The third kappa shape index (κ3) is 5.97. The van der Waals surface area contributed by atoms with Gasteiger partial charge in [-0.15, -0.1) is 6.58 Å². The Balaban J connectivity index is 2.03. The fraction of sp³-hybridized carbons (Fsp3) is 0.235. The second-order valence-electron chi connectivity index (χ2n) is 5.10. The Labute approximate surface area is 151 Å². The van der Waals surface area contributed by atoms with Gasteiger partial charge in [0.2, 0.25) is 0 Å². The third-order valence-corrected chi connectivity index (χ3v) is 3.55. The summed E-state index contributed by atoms with van der Waals surface area (Å²) in [5.74, 6) is -0.122. The molecule has 0 saturated carbocycles. The van der Waals surface area contributed by atoms with Gasteiger partial charge in [-0.25, -0.2) is 0 Å². The summed E-state index contributed by atoms with van der Waals surface area (Å²) in [6.45, 7) is 1.81. The summed E-state index contributed by atoms with van der Waals surface area (Å²) < 4.78 is 49.4. The lowest BCUT2D eigenvalue weighted by Crippen LogP contribution is -2.38. The van der Waals surface area contributed by atoms with Crippen LogP contribution in [0.2, 0.25) is 0 Å². The maximum Gasteiger partial charge on any atom is 0.406 e. The predicted molar refractivity (Wildman–Crippen MR) is 89.3 cm³/mol. The number of hydrogen-bond donors (Lipinski definition) is 0. The van der Waals surface area contributed by atoms with Gasteiger partial charge in [0.15, 0.2) is 5.76 Å². The normalized spacial score (nSPS) is 11.2. The lowest BCUT2D eigenvalue weighted by molar-refractivity contribution is -0.139. The molecule has 8 heteroatoms. The number of carbonyl (C=O) groups is 1. The number of amides is 1. The molecule has 0 radical (unpaired) electrons. The number of benzene rings is 1. The summed E-state index contributed by atoms with van der Waals surface area (Å²) in [5.41, 5.74) is 0. The van der Waals surface area contributed by atoms with Gasteiger partial charge in [-0.1, -0.05) is 28.1 Å². The number of halogens is 4. The van der Waals surface area contributed by atoms with E-state index in [0.29, 0.717) is 16.4 Å². The first kappa shape index (κ1) is 19.1. The van der Waals surface area contributed by atoms with Gasteiger partial charge in [-0.2, -0.15) is 13.2 Å². The second-order valence-corrected chi connectivity index (χ2v) is 6.02. The lowest BCUT2D eigenvalue weighted by Gasteiger charge is -2.21. The summed E-state index contributed by atoms with van der Waals surface area (Å²) >= 11 is 3.31. The van der Waals surface area contributed by atoms with Gasteiger partial charge in [-0.05, 0) is 30.3 Å². The van der Waals surface area contributed by atoms with Crippen LogP contribution in [0.25, 0.3) is 0 Å². The summed E-state index contributed by atoms with van der Waals surface area (Å²) in [6, 6.07) is 9.95. The largest absolute Gasteiger partial charge is 0.486 e. The molecule has 0 fully saturated rings. The highest BCUT2D eigenvalue weighted by molar-refractivity contribution is 9.10. The molecule has 0 spiro atoms. The molecular formula is C17H15BrF3NO3. The summed E-state index contributed by atoms with van der Waals surface area (Å²) in [7, 11) is 0. The molecule has 1 heterocycles. The van der Waals surface area contributed by atoms with E-state index in [0.717, 1.165) is 4.47 Å². The maximum atomic E-state index is 12.6. The Morgan fingerprint density at radius 1 is 1.32 bits per heavy atom. The van der Waals surface area contributed by atoms with Crippen LogP contribution in [0.5, 0.6) is 5.75 Å². The zero-order valence-electron chi connectivity index (χ0n) is 13.1. The highest BCUT2D eigenvalue weighted by Gasteiger charge is 2.33. The van der Waals surface area contributed by atoms with Gasteiger partial charge >= 0.3 is 6.18 Å². The van der Waals surface area contributed by atoms with Crippen molar-refractivity contribution in [2.24, 2.45) is 0 Å². The molecule has 2 aromatic rings. The molecule has 1 aromatic heterocycles. The molecule has 0 bridgehead atoms. The molecule has 0 aliphatic heterocycles. The minimum Gasteiger partial charge on any atom is -0.486 e. The van der Waals surface area contributed by atoms with Crippen molar-refractivity contribution in [1.29, 1.82) is 0 Å². The van der Waals surface area contributed by atoms with Crippen LogP contribution in [-0.2, 0) is 6.61 Å². The van der Waals surface area contributed by atoms with E-state index in [2.05, 4.69) is 22.5 Å². The molecule has 4 nitrogen and oxygen atoms in total. The zero-order chi connectivity index (χ0) is 18.4. The SMILES string of the molecule is C=CCN(CC(F)(F)F)C(=O)c1ccc(COc2cccc(Br)c2)o1. The Kier molecular flexibility index (Phi) is 6.30. The topological polar surface area (TPSA) is 42.7 Å². The number of furan rings is 1. The van der Waals surface area contributed by atoms with E-state index in [1.54, 1.807) is 18.2 Å². The molecule has 0 saturated heterocycles. The zero-order valence-corrected chi connectivity index (χ0v) is 14.6. The Morgan fingerprint density at radius 3 is 2.72 bits per heavy atom. The van der Waals surface area contributed by atoms with Crippen LogP contribution in [0.4, 0.5) is 13.2 Å². The van der Waals surface area contributed by atoms with Crippen molar-refractivity contribution in [2.75, 3.05) is 13.1 Å². The van der Waals surface area contributed by atoms with Crippen LogP contribution in [0.3, 0.4) is 0 Å². The average molecular weight is 418 g/mol. The molecule has 0 N–H and O–H groups in total.